The SMILES string of the molecule is COCC(NCC1(C(C)C)CC1)C(C)C. The fraction of sp³-hybridized carbons (Fsp3) is 1.00. The predicted octanol–water partition coefficient (Wildman–Crippen LogP) is 2.68. The summed E-state index contributed by atoms with van der Waals surface area (Å²) in [4.78, 5) is 0. The molecule has 0 aromatic heterocycles. The van der Waals surface area contributed by atoms with Crippen molar-refractivity contribution in [2.24, 2.45) is 17.3 Å². The average molecular weight is 213 g/mol. The minimum Gasteiger partial charge on any atom is -0.383 e. The van der Waals surface area contributed by atoms with Crippen LogP contribution in [0.4, 0.5) is 0 Å². The molecule has 0 bridgehead atoms. The zero-order valence-electron chi connectivity index (χ0n) is 11.0. The third-order valence-corrected chi connectivity index (χ3v) is 3.98. The highest BCUT2D eigenvalue weighted by Crippen LogP contribution is 2.51. The van der Waals surface area contributed by atoms with Gasteiger partial charge in [-0.1, -0.05) is 27.7 Å². The van der Waals surface area contributed by atoms with Crippen molar-refractivity contribution in [1.82, 2.24) is 5.32 Å². The Kier molecular flexibility index (Phi) is 4.60. The topological polar surface area (TPSA) is 21.3 Å². The van der Waals surface area contributed by atoms with Crippen molar-refractivity contribution in [2.75, 3.05) is 20.3 Å². The van der Waals surface area contributed by atoms with Gasteiger partial charge in [0, 0.05) is 19.7 Å². The van der Waals surface area contributed by atoms with Crippen LogP contribution in [0, 0.1) is 17.3 Å². The quantitative estimate of drug-likeness (QED) is 0.702. The number of hydrogen-bond acceptors (Lipinski definition) is 2. The van der Waals surface area contributed by atoms with E-state index in [1.54, 1.807) is 7.11 Å². The van der Waals surface area contributed by atoms with Crippen LogP contribution in [-0.4, -0.2) is 26.3 Å². The van der Waals surface area contributed by atoms with Crippen molar-refractivity contribution in [3.8, 4) is 0 Å². The van der Waals surface area contributed by atoms with Crippen LogP contribution in [0.15, 0.2) is 0 Å². The van der Waals surface area contributed by atoms with Crippen LogP contribution in [-0.2, 0) is 4.74 Å². The Labute approximate surface area is 94.8 Å². The second-order valence-corrected chi connectivity index (χ2v) is 5.70. The highest BCUT2D eigenvalue weighted by molar-refractivity contribution is 4.97. The third-order valence-electron chi connectivity index (χ3n) is 3.98. The Morgan fingerprint density at radius 2 is 1.80 bits per heavy atom. The van der Waals surface area contributed by atoms with Crippen LogP contribution in [0.3, 0.4) is 0 Å². The van der Waals surface area contributed by atoms with Gasteiger partial charge in [0.15, 0.2) is 0 Å². The fourth-order valence-electron chi connectivity index (χ4n) is 2.12. The van der Waals surface area contributed by atoms with Crippen LogP contribution in [0.1, 0.15) is 40.5 Å². The summed E-state index contributed by atoms with van der Waals surface area (Å²) >= 11 is 0. The van der Waals surface area contributed by atoms with Crippen LogP contribution >= 0.6 is 0 Å². The Morgan fingerprint density at radius 3 is 2.13 bits per heavy atom. The second kappa shape index (κ2) is 5.31. The molecule has 1 atom stereocenters. The smallest absolute Gasteiger partial charge is 0.0618 e. The van der Waals surface area contributed by atoms with Gasteiger partial charge in [-0.05, 0) is 30.1 Å². The summed E-state index contributed by atoms with van der Waals surface area (Å²) in [5.74, 6) is 1.45. The molecule has 2 nitrogen and oxygen atoms in total. The molecule has 0 aliphatic heterocycles. The Morgan fingerprint density at radius 1 is 1.20 bits per heavy atom. The minimum absolute atomic E-state index is 0.506. The van der Waals surface area contributed by atoms with Crippen LogP contribution in [0.25, 0.3) is 0 Å². The normalized spacial score (nSPS) is 21.0. The molecule has 0 saturated heterocycles. The van der Waals surface area contributed by atoms with Crippen molar-refractivity contribution in [2.45, 2.75) is 46.6 Å². The molecule has 15 heavy (non-hydrogen) atoms. The first-order chi connectivity index (χ1) is 7.02. The number of ether oxygens (including phenoxy) is 1. The van der Waals surface area contributed by atoms with E-state index in [1.165, 1.54) is 12.8 Å². The van der Waals surface area contributed by atoms with Gasteiger partial charge in [0.05, 0.1) is 6.61 Å². The van der Waals surface area contributed by atoms with Gasteiger partial charge in [-0.3, -0.25) is 0 Å². The Bertz CT molecular complexity index is 185. The first-order valence-electron chi connectivity index (χ1n) is 6.24. The second-order valence-electron chi connectivity index (χ2n) is 5.70. The molecule has 0 aromatic rings. The van der Waals surface area contributed by atoms with Gasteiger partial charge < -0.3 is 10.1 Å². The van der Waals surface area contributed by atoms with Gasteiger partial charge in [-0.15, -0.1) is 0 Å². The molecular formula is C13H27NO. The zero-order valence-corrected chi connectivity index (χ0v) is 11.0. The van der Waals surface area contributed by atoms with E-state index in [1.807, 2.05) is 0 Å². The molecule has 1 fully saturated rings. The van der Waals surface area contributed by atoms with E-state index in [-0.39, 0.29) is 0 Å². The summed E-state index contributed by atoms with van der Waals surface area (Å²) in [7, 11) is 1.78. The Balaban J connectivity index is 2.33. The lowest BCUT2D eigenvalue weighted by Gasteiger charge is -2.27. The van der Waals surface area contributed by atoms with E-state index in [0.29, 0.717) is 17.4 Å². The van der Waals surface area contributed by atoms with E-state index in [9.17, 15) is 0 Å². The monoisotopic (exact) mass is 213 g/mol. The molecule has 0 aromatic carbocycles. The lowest BCUT2D eigenvalue weighted by atomic mass is 9.91. The van der Waals surface area contributed by atoms with Crippen molar-refractivity contribution in [3.63, 3.8) is 0 Å². The molecule has 0 heterocycles. The third kappa shape index (κ3) is 3.46. The van der Waals surface area contributed by atoms with E-state index < -0.39 is 0 Å². The summed E-state index contributed by atoms with van der Waals surface area (Å²) in [6.45, 7) is 11.2. The fourth-order valence-corrected chi connectivity index (χ4v) is 2.12. The molecule has 1 N–H and O–H groups in total. The van der Waals surface area contributed by atoms with Crippen molar-refractivity contribution < 1.29 is 4.74 Å². The number of hydrogen-bond donors (Lipinski definition) is 1. The molecule has 90 valence electrons. The molecule has 0 spiro atoms. The van der Waals surface area contributed by atoms with Crippen LogP contribution in [0.5, 0.6) is 0 Å². The highest BCUT2D eigenvalue weighted by Gasteiger charge is 2.45. The largest absolute Gasteiger partial charge is 0.383 e. The maximum absolute atomic E-state index is 5.25. The van der Waals surface area contributed by atoms with Crippen LogP contribution in [0.2, 0.25) is 0 Å². The van der Waals surface area contributed by atoms with Crippen molar-refractivity contribution in [1.29, 1.82) is 0 Å². The molecule has 2 heteroatoms. The predicted molar refractivity (Wildman–Crippen MR) is 65.0 cm³/mol. The van der Waals surface area contributed by atoms with Crippen molar-refractivity contribution in [3.05, 3.63) is 0 Å². The highest BCUT2D eigenvalue weighted by atomic mass is 16.5. The van der Waals surface area contributed by atoms with Gasteiger partial charge in [0.1, 0.15) is 0 Å². The lowest BCUT2D eigenvalue weighted by molar-refractivity contribution is 0.140. The summed E-state index contributed by atoms with van der Waals surface area (Å²) in [5, 5.41) is 3.68. The van der Waals surface area contributed by atoms with Gasteiger partial charge >= 0.3 is 0 Å². The maximum Gasteiger partial charge on any atom is 0.0618 e. The van der Waals surface area contributed by atoms with Gasteiger partial charge in [-0.2, -0.15) is 0 Å². The van der Waals surface area contributed by atoms with E-state index in [4.69, 9.17) is 4.74 Å². The maximum atomic E-state index is 5.25. The number of rotatable bonds is 7. The first kappa shape index (κ1) is 13.0. The van der Waals surface area contributed by atoms with Crippen LogP contribution < -0.4 is 5.32 Å². The van der Waals surface area contributed by atoms with E-state index >= 15 is 0 Å². The standard InChI is InChI=1S/C13H27NO/c1-10(2)12(8-15-5)14-9-13(6-7-13)11(3)4/h10-12,14H,6-9H2,1-5H3. The molecule has 0 amide bonds. The number of methoxy groups -OCH3 is 1. The first-order valence-corrected chi connectivity index (χ1v) is 6.24. The van der Waals surface area contributed by atoms with Gasteiger partial charge in [-0.25, -0.2) is 0 Å². The molecule has 1 rings (SSSR count). The molecule has 1 saturated carbocycles. The summed E-state index contributed by atoms with van der Waals surface area (Å²) < 4.78 is 5.25. The average Bonchev–Trinajstić information content (AvgIpc) is 2.92. The van der Waals surface area contributed by atoms with E-state index in [0.717, 1.165) is 19.1 Å². The molecule has 1 unspecified atom stereocenters. The zero-order chi connectivity index (χ0) is 11.5. The molecule has 1 aliphatic rings. The molecule has 0 radical (unpaired) electrons. The van der Waals surface area contributed by atoms with E-state index in [2.05, 4.69) is 33.0 Å². The van der Waals surface area contributed by atoms with Gasteiger partial charge in [0.2, 0.25) is 0 Å². The van der Waals surface area contributed by atoms with Gasteiger partial charge in [0.25, 0.3) is 0 Å². The summed E-state index contributed by atoms with van der Waals surface area (Å²) in [5.41, 5.74) is 0.598. The summed E-state index contributed by atoms with van der Waals surface area (Å²) in [6.07, 6.45) is 2.80. The Hall–Kier alpha value is -0.0800. The lowest BCUT2D eigenvalue weighted by Crippen LogP contribution is -2.41. The minimum atomic E-state index is 0.506. The summed E-state index contributed by atoms with van der Waals surface area (Å²) in [6, 6.07) is 0.506. The molecular weight excluding hydrogens is 186 g/mol. The number of nitrogens with one attached hydrogen (secondary N) is 1. The van der Waals surface area contributed by atoms with Crippen molar-refractivity contribution >= 4 is 0 Å². The molecule has 1 aliphatic carbocycles.